The van der Waals surface area contributed by atoms with Crippen molar-refractivity contribution in [3.63, 3.8) is 0 Å². The SMILES string of the molecule is C=CCCC(=O)N(C)[C@@H](C)[C@@H](OC(=O)[C@@H]1[C@H]2O[C@@]3(CC2Br)[C@H](C(=O)N(CC=C)C(C)(C)C)N([C@@H](CO)Cc2ccccc2)C(=O)[C@@H]13)c1ccccc1. The molecule has 3 aliphatic rings. The second-order valence-corrected chi connectivity index (χ2v) is 16.4. The summed E-state index contributed by atoms with van der Waals surface area (Å²) in [7, 11) is 1.69. The van der Waals surface area contributed by atoms with Crippen molar-refractivity contribution in [3.05, 3.63) is 97.1 Å². The molecule has 3 aliphatic heterocycles. The number of likely N-dealkylation sites (N-methyl/N-ethyl adjacent to an activating group) is 1. The Hall–Kier alpha value is -3.80. The van der Waals surface area contributed by atoms with Crippen molar-refractivity contribution in [3.8, 4) is 0 Å². The number of ether oxygens (including phenoxy) is 2. The molecule has 0 saturated carbocycles. The molecule has 1 N–H and O–H groups in total. The molecule has 2 bridgehead atoms. The summed E-state index contributed by atoms with van der Waals surface area (Å²) in [5.74, 6) is -3.61. The summed E-state index contributed by atoms with van der Waals surface area (Å²) >= 11 is 3.76. The van der Waals surface area contributed by atoms with E-state index < -0.39 is 71.8 Å². The van der Waals surface area contributed by atoms with Crippen molar-refractivity contribution in [2.24, 2.45) is 11.8 Å². The van der Waals surface area contributed by atoms with Gasteiger partial charge in [-0.1, -0.05) is 88.7 Å². The van der Waals surface area contributed by atoms with Crippen LogP contribution in [-0.4, -0.2) is 104 Å². The summed E-state index contributed by atoms with van der Waals surface area (Å²) in [5.41, 5.74) is -0.419. The van der Waals surface area contributed by atoms with E-state index in [2.05, 4.69) is 29.1 Å². The lowest BCUT2D eigenvalue weighted by molar-refractivity contribution is -0.165. The number of hydrogen-bond acceptors (Lipinski definition) is 7. The standard InChI is InChI=1S/C41H52BrN3O7/c1-8-10-21-31(47)43(7)26(3)34(28-19-15-12-16-20-28)51-39(50)32-33-37(48)45(29(25-46)23-27-17-13-11-14-18-27)36(41(33)24-30(42)35(32)52-41)38(49)44(22-9-2)40(4,5)6/h8-9,11-20,26,29-30,32-36,46H,1-2,10,21-25H2,3-7H3/t26-,29+,30?,32-,33+,34+,35-,36-,41+/m0/s1. The number of esters is 1. The van der Waals surface area contributed by atoms with E-state index in [-0.39, 0.29) is 29.6 Å². The number of alkyl halides is 1. The van der Waals surface area contributed by atoms with Crippen molar-refractivity contribution in [2.75, 3.05) is 20.2 Å². The Morgan fingerprint density at radius 3 is 2.31 bits per heavy atom. The topological polar surface area (TPSA) is 117 Å². The maximum atomic E-state index is 15.0. The number of carbonyl (C=O) groups is 4. The normalized spacial score (nSPS) is 26.6. The Balaban J connectivity index is 1.56. The van der Waals surface area contributed by atoms with Crippen LogP contribution in [0, 0.1) is 11.8 Å². The number of carbonyl (C=O) groups excluding carboxylic acids is 4. The minimum atomic E-state index is -1.36. The highest BCUT2D eigenvalue weighted by Crippen LogP contribution is 2.61. The van der Waals surface area contributed by atoms with Gasteiger partial charge in [0, 0.05) is 30.4 Å². The second kappa shape index (κ2) is 16.1. The molecule has 52 heavy (non-hydrogen) atoms. The fraction of sp³-hybridized carbons (Fsp3) is 0.512. The number of halogens is 1. The van der Waals surface area contributed by atoms with Crippen LogP contribution >= 0.6 is 15.9 Å². The highest BCUT2D eigenvalue weighted by Gasteiger charge is 2.78. The van der Waals surface area contributed by atoms with Gasteiger partial charge in [0.05, 0.1) is 36.6 Å². The monoisotopic (exact) mass is 777 g/mol. The highest BCUT2D eigenvalue weighted by molar-refractivity contribution is 9.09. The van der Waals surface area contributed by atoms with Crippen molar-refractivity contribution in [1.29, 1.82) is 0 Å². The Morgan fingerprint density at radius 2 is 1.73 bits per heavy atom. The van der Waals surface area contributed by atoms with Gasteiger partial charge in [-0.05, 0) is 58.1 Å². The molecule has 1 spiro atoms. The number of nitrogens with zero attached hydrogens (tertiary/aromatic N) is 3. The zero-order valence-electron chi connectivity index (χ0n) is 30.8. The Morgan fingerprint density at radius 1 is 1.10 bits per heavy atom. The molecule has 2 aromatic carbocycles. The van der Waals surface area contributed by atoms with E-state index in [4.69, 9.17) is 9.47 Å². The molecule has 3 amide bonds. The van der Waals surface area contributed by atoms with Gasteiger partial charge in [-0.3, -0.25) is 19.2 Å². The van der Waals surface area contributed by atoms with Crippen LogP contribution in [0.2, 0.25) is 0 Å². The Kier molecular flexibility index (Phi) is 12.2. The number of aliphatic hydroxyl groups is 1. The number of likely N-dealkylation sites (tertiary alicyclic amines) is 1. The number of hydrogen-bond donors (Lipinski definition) is 1. The molecule has 5 rings (SSSR count). The van der Waals surface area contributed by atoms with Crippen molar-refractivity contribution in [1.82, 2.24) is 14.7 Å². The molecule has 3 saturated heterocycles. The van der Waals surface area contributed by atoms with Crippen molar-refractivity contribution >= 4 is 39.6 Å². The third kappa shape index (κ3) is 7.37. The lowest BCUT2D eigenvalue weighted by Gasteiger charge is -2.43. The maximum absolute atomic E-state index is 15.0. The average Bonchev–Trinajstić information content (AvgIpc) is 3.73. The third-order valence-electron chi connectivity index (χ3n) is 10.9. The number of fused-ring (bicyclic) bond motifs is 1. The van der Waals surface area contributed by atoms with Crippen molar-refractivity contribution in [2.45, 2.75) is 99.7 Å². The molecule has 10 nitrogen and oxygen atoms in total. The van der Waals surface area contributed by atoms with Crippen LogP contribution in [0.4, 0.5) is 0 Å². The van der Waals surface area contributed by atoms with Gasteiger partial charge in [-0.25, -0.2) is 0 Å². The molecule has 0 aliphatic carbocycles. The molecule has 0 radical (unpaired) electrons. The van der Waals surface area contributed by atoms with Crippen molar-refractivity contribution < 1.29 is 33.8 Å². The fourth-order valence-corrected chi connectivity index (χ4v) is 9.18. The predicted octanol–water partition coefficient (Wildman–Crippen LogP) is 5.25. The molecule has 3 heterocycles. The third-order valence-corrected chi connectivity index (χ3v) is 11.8. The lowest BCUT2D eigenvalue weighted by Crippen LogP contribution is -2.62. The van der Waals surface area contributed by atoms with Gasteiger partial charge in [0.25, 0.3) is 0 Å². The first-order valence-corrected chi connectivity index (χ1v) is 19.0. The molecule has 9 atom stereocenters. The van der Waals surface area contributed by atoms with Crippen LogP contribution in [0.25, 0.3) is 0 Å². The minimum Gasteiger partial charge on any atom is -0.455 e. The molecule has 11 heteroatoms. The van der Waals surface area contributed by atoms with Gasteiger partial charge in [0.2, 0.25) is 17.7 Å². The van der Waals surface area contributed by atoms with Gasteiger partial charge < -0.3 is 29.3 Å². The van der Waals surface area contributed by atoms with Gasteiger partial charge in [0.1, 0.15) is 17.7 Å². The maximum Gasteiger partial charge on any atom is 0.313 e. The Bertz CT molecular complexity index is 1630. The lowest BCUT2D eigenvalue weighted by atomic mass is 9.70. The van der Waals surface area contributed by atoms with E-state index in [0.717, 1.165) is 5.56 Å². The van der Waals surface area contributed by atoms with Crippen LogP contribution in [0.3, 0.4) is 0 Å². The zero-order valence-corrected chi connectivity index (χ0v) is 32.4. The molecule has 3 fully saturated rings. The van der Waals surface area contributed by atoms with Gasteiger partial charge in [-0.2, -0.15) is 0 Å². The zero-order chi connectivity index (χ0) is 38.0. The summed E-state index contributed by atoms with van der Waals surface area (Å²) in [5, 5.41) is 10.9. The van der Waals surface area contributed by atoms with Gasteiger partial charge in [0.15, 0.2) is 0 Å². The quantitative estimate of drug-likeness (QED) is 0.149. The summed E-state index contributed by atoms with van der Waals surface area (Å²) < 4.78 is 13.2. The van der Waals surface area contributed by atoms with E-state index in [1.807, 2.05) is 88.4 Å². The first-order chi connectivity index (χ1) is 24.7. The smallest absolute Gasteiger partial charge is 0.313 e. The fourth-order valence-electron chi connectivity index (χ4n) is 8.24. The molecule has 1 unspecified atom stereocenters. The number of benzene rings is 2. The number of rotatable bonds is 15. The van der Waals surface area contributed by atoms with Gasteiger partial charge in [-0.15, -0.1) is 13.2 Å². The first-order valence-electron chi connectivity index (χ1n) is 18.0. The van der Waals surface area contributed by atoms with Crippen LogP contribution in [0.15, 0.2) is 86.0 Å². The second-order valence-electron chi connectivity index (χ2n) is 15.2. The summed E-state index contributed by atoms with van der Waals surface area (Å²) in [6.45, 7) is 15.0. The number of allylic oxidation sites excluding steroid dienone is 1. The summed E-state index contributed by atoms with van der Waals surface area (Å²) in [4.78, 5) is 62.0. The number of aliphatic hydroxyl groups excluding tert-OH is 1. The molecule has 0 aromatic heterocycles. The van der Waals surface area contributed by atoms with Gasteiger partial charge >= 0.3 is 5.97 Å². The van der Waals surface area contributed by atoms with Crippen LogP contribution in [0.1, 0.15) is 64.2 Å². The largest absolute Gasteiger partial charge is 0.455 e. The molecule has 280 valence electrons. The van der Waals surface area contributed by atoms with E-state index in [9.17, 15) is 24.3 Å². The van der Waals surface area contributed by atoms with E-state index in [1.165, 1.54) is 4.90 Å². The van der Waals surface area contributed by atoms with Crippen LogP contribution in [-0.2, 0) is 35.1 Å². The van der Waals surface area contributed by atoms with Crippen LogP contribution in [0.5, 0.6) is 0 Å². The van der Waals surface area contributed by atoms with E-state index in [0.29, 0.717) is 24.8 Å². The first kappa shape index (κ1) is 39.4. The number of amides is 3. The van der Waals surface area contributed by atoms with E-state index >= 15 is 0 Å². The van der Waals surface area contributed by atoms with Crippen LogP contribution < -0.4 is 0 Å². The highest BCUT2D eigenvalue weighted by atomic mass is 79.9. The minimum absolute atomic E-state index is 0.119. The van der Waals surface area contributed by atoms with E-state index in [1.54, 1.807) is 29.0 Å². The molecular formula is C41H52BrN3O7. The summed E-state index contributed by atoms with van der Waals surface area (Å²) in [6.07, 6.45) is 3.11. The molecule has 2 aromatic rings. The molecular weight excluding hydrogens is 726 g/mol. The predicted molar refractivity (Wildman–Crippen MR) is 202 cm³/mol. The summed E-state index contributed by atoms with van der Waals surface area (Å²) in [6, 6.07) is 16.3. The average molecular weight is 779 g/mol. The Labute approximate surface area is 315 Å².